The van der Waals surface area contributed by atoms with Gasteiger partial charge in [-0.3, -0.25) is 14.4 Å². The number of H-pyrrole nitrogens is 1. The Bertz CT molecular complexity index is 1050. The lowest BCUT2D eigenvalue weighted by molar-refractivity contribution is -0.144. The van der Waals surface area contributed by atoms with Crippen LogP contribution in [0.25, 0.3) is 10.9 Å². The van der Waals surface area contributed by atoms with Crippen LogP contribution in [0.3, 0.4) is 0 Å². The molecule has 0 unspecified atom stereocenters. The molecular weight excluding hydrogens is 370 g/mol. The normalized spacial score (nSPS) is 10.8. The number of aliphatic carboxylic acids is 1. The van der Waals surface area contributed by atoms with Crippen LogP contribution in [0.4, 0.5) is 0 Å². The van der Waals surface area contributed by atoms with Gasteiger partial charge in [-0.25, -0.2) is 4.98 Å². The van der Waals surface area contributed by atoms with E-state index in [0.717, 1.165) is 5.56 Å². The van der Waals surface area contributed by atoms with E-state index in [1.54, 1.807) is 18.2 Å². The molecule has 0 aliphatic rings. The number of carboxylic acids is 1. The molecule has 1 heterocycles. The minimum atomic E-state index is -1.04. The molecule has 0 spiro atoms. The van der Waals surface area contributed by atoms with Gasteiger partial charge in [-0.05, 0) is 30.5 Å². The molecule has 0 saturated carbocycles. The van der Waals surface area contributed by atoms with Crippen LogP contribution in [-0.4, -0.2) is 44.9 Å². The number of nitrogens with zero attached hydrogens (tertiary/aromatic N) is 2. The Kier molecular flexibility index (Phi) is 6.73. The molecule has 3 aromatic rings. The van der Waals surface area contributed by atoms with E-state index in [2.05, 4.69) is 9.97 Å². The summed E-state index contributed by atoms with van der Waals surface area (Å²) in [6.45, 7) is 0.0247. The van der Waals surface area contributed by atoms with Crippen LogP contribution in [0.1, 0.15) is 24.2 Å². The molecular formula is C22H23N3O4. The zero-order chi connectivity index (χ0) is 20.6. The highest BCUT2D eigenvalue weighted by atomic mass is 16.4. The highest BCUT2D eigenvalue weighted by molar-refractivity contribution is 5.81. The Morgan fingerprint density at radius 3 is 2.48 bits per heavy atom. The number of rotatable bonds is 9. The quantitative estimate of drug-likeness (QED) is 0.581. The minimum absolute atomic E-state index is 0.193. The molecule has 2 N–H and O–H groups in total. The van der Waals surface area contributed by atoms with Gasteiger partial charge in [-0.2, -0.15) is 0 Å². The average Bonchev–Trinajstić information content (AvgIpc) is 2.71. The van der Waals surface area contributed by atoms with E-state index < -0.39 is 5.97 Å². The lowest BCUT2D eigenvalue weighted by atomic mass is 10.1. The van der Waals surface area contributed by atoms with Gasteiger partial charge in [0.15, 0.2) is 0 Å². The van der Waals surface area contributed by atoms with Crippen molar-refractivity contribution in [2.75, 3.05) is 13.1 Å². The Morgan fingerprint density at radius 2 is 1.72 bits per heavy atom. The van der Waals surface area contributed by atoms with E-state index in [0.29, 0.717) is 42.5 Å². The van der Waals surface area contributed by atoms with Crippen LogP contribution in [0.2, 0.25) is 0 Å². The largest absolute Gasteiger partial charge is 0.480 e. The number of hydrogen-bond donors (Lipinski definition) is 2. The number of benzene rings is 2. The van der Waals surface area contributed by atoms with E-state index >= 15 is 0 Å². The second-order valence-electron chi connectivity index (χ2n) is 6.83. The number of carboxylic acid groups (broad SMARTS) is 1. The monoisotopic (exact) mass is 393 g/mol. The number of fused-ring (bicyclic) bond motifs is 1. The lowest BCUT2D eigenvalue weighted by Gasteiger charge is -2.20. The molecule has 29 heavy (non-hydrogen) atoms. The van der Waals surface area contributed by atoms with Gasteiger partial charge < -0.3 is 15.0 Å². The van der Waals surface area contributed by atoms with Crippen LogP contribution in [-0.2, 0) is 22.4 Å². The number of para-hydroxylation sites is 1. The zero-order valence-corrected chi connectivity index (χ0v) is 16.0. The first-order chi connectivity index (χ1) is 14.0. The van der Waals surface area contributed by atoms with Gasteiger partial charge in [0.1, 0.15) is 12.4 Å². The van der Waals surface area contributed by atoms with Gasteiger partial charge in [0.2, 0.25) is 5.91 Å². The molecule has 150 valence electrons. The maximum absolute atomic E-state index is 12.5. The number of aromatic nitrogens is 2. The average molecular weight is 393 g/mol. The maximum Gasteiger partial charge on any atom is 0.323 e. The number of nitrogens with one attached hydrogen (secondary N) is 1. The summed E-state index contributed by atoms with van der Waals surface area (Å²) in [5.74, 6) is -0.728. The molecule has 1 amide bonds. The van der Waals surface area contributed by atoms with Crippen molar-refractivity contribution in [3.05, 3.63) is 76.3 Å². The van der Waals surface area contributed by atoms with Crippen molar-refractivity contribution in [3.8, 4) is 0 Å². The van der Waals surface area contributed by atoms with Crippen LogP contribution in [0.5, 0.6) is 0 Å². The molecule has 0 fully saturated rings. The van der Waals surface area contributed by atoms with E-state index in [4.69, 9.17) is 5.11 Å². The summed E-state index contributed by atoms with van der Waals surface area (Å²) in [6, 6.07) is 16.7. The predicted molar refractivity (Wildman–Crippen MR) is 110 cm³/mol. The summed E-state index contributed by atoms with van der Waals surface area (Å²) in [5, 5.41) is 9.65. The highest BCUT2D eigenvalue weighted by Gasteiger charge is 2.16. The minimum Gasteiger partial charge on any atom is -0.480 e. The summed E-state index contributed by atoms with van der Waals surface area (Å²) in [4.78, 5) is 44.3. The van der Waals surface area contributed by atoms with Gasteiger partial charge in [-0.1, -0.05) is 42.5 Å². The second-order valence-corrected chi connectivity index (χ2v) is 6.83. The third kappa shape index (κ3) is 5.75. The highest BCUT2D eigenvalue weighted by Crippen LogP contribution is 2.09. The van der Waals surface area contributed by atoms with Crippen molar-refractivity contribution in [1.82, 2.24) is 14.9 Å². The van der Waals surface area contributed by atoms with Gasteiger partial charge >= 0.3 is 5.97 Å². The van der Waals surface area contributed by atoms with Crippen molar-refractivity contribution < 1.29 is 14.7 Å². The summed E-state index contributed by atoms with van der Waals surface area (Å²) >= 11 is 0. The van der Waals surface area contributed by atoms with Crippen molar-refractivity contribution in [2.45, 2.75) is 25.7 Å². The molecule has 7 nitrogen and oxygen atoms in total. The molecule has 0 aliphatic heterocycles. The Hall–Kier alpha value is -3.48. The number of carbonyl (C=O) groups is 2. The Morgan fingerprint density at radius 1 is 1.00 bits per heavy atom. The SMILES string of the molecule is O=C(O)CN(CCc1ccccc1)C(=O)CCCc1nc2ccccc2c(=O)[nH]1. The van der Waals surface area contributed by atoms with Crippen LogP contribution in [0, 0.1) is 0 Å². The fourth-order valence-electron chi connectivity index (χ4n) is 3.18. The van der Waals surface area contributed by atoms with E-state index in [9.17, 15) is 14.4 Å². The van der Waals surface area contributed by atoms with Crippen LogP contribution >= 0.6 is 0 Å². The molecule has 7 heteroatoms. The molecule has 2 aromatic carbocycles. The fourth-order valence-corrected chi connectivity index (χ4v) is 3.18. The number of hydrogen-bond acceptors (Lipinski definition) is 4. The van der Waals surface area contributed by atoms with Crippen molar-refractivity contribution in [3.63, 3.8) is 0 Å². The molecule has 0 saturated heterocycles. The standard InChI is InChI=1S/C22H23N3O4/c26-20(25(15-21(27)28)14-13-16-7-2-1-3-8-16)12-6-11-19-23-18-10-5-4-9-17(18)22(29)24-19/h1-5,7-10H,6,11-15H2,(H,27,28)(H,23,24,29). The first-order valence-corrected chi connectivity index (χ1v) is 9.54. The third-order valence-corrected chi connectivity index (χ3v) is 4.66. The number of carbonyl (C=O) groups excluding carboxylic acids is 1. The first-order valence-electron chi connectivity index (χ1n) is 9.54. The molecule has 0 radical (unpaired) electrons. The van der Waals surface area contributed by atoms with E-state index in [1.807, 2.05) is 36.4 Å². The topological polar surface area (TPSA) is 103 Å². The van der Waals surface area contributed by atoms with Gasteiger partial charge in [0, 0.05) is 19.4 Å². The van der Waals surface area contributed by atoms with Crippen LogP contribution in [0.15, 0.2) is 59.4 Å². The second kappa shape index (κ2) is 9.64. The molecule has 3 rings (SSSR count). The molecule has 1 aromatic heterocycles. The van der Waals surface area contributed by atoms with Crippen molar-refractivity contribution in [2.24, 2.45) is 0 Å². The summed E-state index contributed by atoms with van der Waals surface area (Å²) in [6.07, 6.45) is 1.70. The summed E-state index contributed by atoms with van der Waals surface area (Å²) < 4.78 is 0. The maximum atomic E-state index is 12.5. The van der Waals surface area contributed by atoms with Crippen molar-refractivity contribution >= 4 is 22.8 Å². The third-order valence-electron chi connectivity index (χ3n) is 4.66. The van der Waals surface area contributed by atoms with Crippen LogP contribution < -0.4 is 5.56 Å². The number of aryl methyl sites for hydroxylation is 1. The van der Waals surface area contributed by atoms with E-state index in [-0.39, 0.29) is 24.4 Å². The Labute approximate surface area is 168 Å². The zero-order valence-electron chi connectivity index (χ0n) is 16.0. The van der Waals surface area contributed by atoms with E-state index in [1.165, 1.54) is 4.90 Å². The number of aromatic amines is 1. The molecule has 0 atom stereocenters. The Balaban J connectivity index is 1.58. The summed E-state index contributed by atoms with van der Waals surface area (Å²) in [7, 11) is 0. The van der Waals surface area contributed by atoms with Gasteiger partial charge in [-0.15, -0.1) is 0 Å². The molecule has 0 aliphatic carbocycles. The number of amides is 1. The lowest BCUT2D eigenvalue weighted by Crippen LogP contribution is -2.37. The predicted octanol–water partition coefficient (Wildman–Crippen LogP) is 2.40. The molecule has 0 bridgehead atoms. The van der Waals surface area contributed by atoms with Gasteiger partial charge in [0.25, 0.3) is 5.56 Å². The summed E-state index contributed by atoms with van der Waals surface area (Å²) in [5.41, 5.74) is 1.47. The van der Waals surface area contributed by atoms with Gasteiger partial charge in [0.05, 0.1) is 10.9 Å². The fraction of sp³-hybridized carbons (Fsp3) is 0.273. The smallest absolute Gasteiger partial charge is 0.323 e. The van der Waals surface area contributed by atoms with Crippen molar-refractivity contribution in [1.29, 1.82) is 0 Å². The first kappa shape index (κ1) is 20.3.